The van der Waals surface area contributed by atoms with E-state index in [0.29, 0.717) is 13.1 Å². The molecule has 7 nitrogen and oxygen atoms in total. The lowest BCUT2D eigenvalue weighted by atomic mass is 9.97. The zero-order valence-electron chi connectivity index (χ0n) is 18.1. The minimum absolute atomic E-state index is 0.0567. The first-order valence-corrected chi connectivity index (χ1v) is 11.3. The van der Waals surface area contributed by atoms with Crippen LogP contribution in [0.4, 0.5) is 5.82 Å². The van der Waals surface area contributed by atoms with E-state index >= 15 is 0 Å². The van der Waals surface area contributed by atoms with Crippen molar-refractivity contribution in [1.82, 2.24) is 20.5 Å². The van der Waals surface area contributed by atoms with Gasteiger partial charge in [0.25, 0.3) is 0 Å². The molecule has 162 valence electrons. The summed E-state index contributed by atoms with van der Waals surface area (Å²) in [5.74, 6) is 1.60. The van der Waals surface area contributed by atoms with Crippen LogP contribution in [0.2, 0.25) is 0 Å². The number of methoxy groups -OCH3 is 1. The van der Waals surface area contributed by atoms with E-state index in [1.807, 2.05) is 50.2 Å². The third-order valence-electron chi connectivity index (χ3n) is 5.57. The number of carbonyl (C=O) groups excluding carboxylic acids is 1. The first-order chi connectivity index (χ1) is 15.0. The lowest BCUT2D eigenvalue weighted by Gasteiger charge is -2.32. The van der Waals surface area contributed by atoms with Crippen LogP contribution in [0.25, 0.3) is 11.3 Å². The van der Waals surface area contributed by atoms with Crippen molar-refractivity contribution < 1.29 is 9.53 Å². The van der Waals surface area contributed by atoms with Crippen LogP contribution in [0.15, 0.2) is 36.4 Å². The topological polar surface area (TPSA) is 80.2 Å². The van der Waals surface area contributed by atoms with Crippen molar-refractivity contribution >= 4 is 23.1 Å². The summed E-state index contributed by atoms with van der Waals surface area (Å²) in [5, 5.41) is 13.0. The molecular formula is C23H27N5O2S. The largest absolute Gasteiger partial charge is 0.496 e. The Morgan fingerprint density at radius 1 is 1.23 bits per heavy atom. The summed E-state index contributed by atoms with van der Waals surface area (Å²) in [7, 11) is 1.65. The molecule has 0 radical (unpaired) electrons. The normalized spacial score (nSPS) is 16.2. The number of rotatable bonds is 6. The van der Waals surface area contributed by atoms with Crippen molar-refractivity contribution in [3.8, 4) is 17.0 Å². The van der Waals surface area contributed by atoms with Crippen LogP contribution in [0.1, 0.15) is 28.4 Å². The lowest BCUT2D eigenvalue weighted by Crippen LogP contribution is -2.43. The van der Waals surface area contributed by atoms with E-state index in [2.05, 4.69) is 25.4 Å². The van der Waals surface area contributed by atoms with E-state index in [1.165, 1.54) is 0 Å². The van der Waals surface area contributed by atoms with E-state index in [1.54, 1.807) is 18.4 Å². The zero-order valence-corrected chi connectivity index (χ0v) is 18.9. The Bertz CT molecular complexity index is 1050. The third-order valence-corrected chi connectivity index (χ3v) is 6.65. The molecule has 1 aliphatic rings. The van der Waals surface area contributed by atoms with Crippen LogP contribution in [-0.2, 0) is 11.3 Å². The Kier molecular flexibility index (Phi) is 6.46. The quantitative estimate of drug-likeness (QED) is 0.633. The second-order valence-electron chi connectivity index (χ2n) is 7.72. The van der Waals surface area contributed by atoms with Gasteiger partial charge in [-0.2, -0.15) is 0 Å². The molecule has 1 aliphatic heterocycles. The number of benzene rings is 1. The van der Waals surface area contributed by atoms with Gasteiger partial charge in [-0.25, -0.2) is 4.98 Å². The monoisotopic (exact) mass is 437 g/mol. The van der Waals surface area contributed by atoms with Gasteiger partial charge < -0.3 is 15.0 Å². The number of ether oxygens (including phenoxy) is 1. The second-order valence-corrected chi connectivity index (χ2v) is 9.01. The molecule has 3 heterocycles. The number of nitrogens with zero attached hydrogens (tertiary/aromatic N) is 4. The summed E-state index contributed by atoms with van der Waals surface area (Å²) >= 11 is 1.64. The Hall–Kier alpha value is -3.00. The number of piperidine rings is 1. The molecule has 0 spiro atoms. The Labute approximate surface area is 186 Å². The number of amides is 1. The number of thiazole rings is 1. The minimum Gasteiger partial charge on any atom is -0.496 e. The molecule has 0 bridgehead atoms. The van der Waals surface area contributed by atoms with Crippen molar-refractivity contribution in [2.24, 2.45) is 5.92 Å². The van der Waals surface area contributed by atoms with Crippen molar-refractivity contribution in [3.63, 3.8) is 0 Å². The van der Waals surface area contributed by atoms with E-state index in [4.69, 9.17) is 4.74 Å². The molecule has 1 N–H and O–H groups in total. The standard InChI is InChI=1S/C23H27N5O2S/c1-15-21(31-16(2)25-15)13-24-23(29)17-7-6-12-28(14-17)22-11-10-19(26-27-22)18-8-4-5-9-20(18)30-3/h4-5,8-11,17H,6-7,12-14H2,1-3H3,(H,24,29)/t17-/m1/s1. The maximum Gasteiger partial charge on any atom is 0.225 e. The lowest BCUT2D eigenvalue weighted by molar-refractivity contribution is -0.125. The van der Waals surface area contributed by atoms with Gasteiger partial charge in [-0.15, -0.1) is 21.5 Å². The number of hydrogen-bond acceptors (Lipinski definition) is 7. The predicted octanol–water partition coefficient (Wildman–Crippen LogP) is 3.76. The summed E-state index contributed by atoms with van der Waals surface area (Å²) in [6.07, 6.45) is 1.84. The van der Waals surface area contributed by atoms with Gasteiger partial charge in [-0.05, 0) is 51.0 Å². The molecule has 0 saturated carbocycles. The maximum absolute atomic E-state index is 12.8. The van der Waals surface area contributed by atoms with Crippen LogP contribution in [0, 0.1) is 19.8 Å². The first kappa shape index (κ1) is 21.2. The molecule has 1 amide bonds. The van der Waals surface area contributed by atoms with Crippen LogP contribution in [0.5, 0.6) is 5.75 Å². The molecule has 1 fully saturated rings. The van der Waals surface area contributed by atoms with Crippen molar-refractivity contribution in [3.05, 3.63) is 52.0 Å². The van der Waals surface area contributed by atoms with E-state index in [-0.39, 0.29) is 11.8 Å². The molecule has 1 saturated heterocycles. The fourth-order valence-electron chi connectivity index (χ4n) is 3.94. The number of hydrogen-bond donors (Lipinski definition) is 1. The number of aryl methyl sites for hydroxylation is 2. The number of carbonyl (C=O) groups is 1. The average molecular weight is 438 g/mol. The Morgan fingerprint density at radius 3 is 2.77 bits per heavy atom. The summed E-state index contributed by atoms with van der Waals surface area (Å²) in [6, 6.07) is 11.7. The van der Waals surface area contributed by atoms with Gasteiger partial charge in [0.15, 0.2) is 5.82 Å². The summed E-state index contributed by atoms with van der Waals surface area (Å²) < 4.78 is 5.42. The summed E-state index contributed by atoms with van der Waals surface area (Å²) in [5.41, 5.74) is 2.68. The molecule has 3 aromatic rings. The van der Waals surface area contributed by atoms with Gasteiger partial charge in [0.1, 0.15) is 5.75 Å². The fraction of sp³-hybridized carbons (Fsp3) is 0.391. The van der Waals surface area contributed by atoms with Gasteiger partial charge in [0.05, 0.1) is 36.0 Å². The molecule has 1 atom stereocenters. The predicted molar refractivity (Wildman–Crippen MR) is 122 cm³/mol. The number of anilines is 1. The van der Waals surface area contributed by atoms with Crippen molar-refractivity contribution in [1.29, 1.82) is 0 Å². The maximum atomic E-state index is 12.8. The van der Waals surface area contributed by atoms with Crippen LogP contribution in [-0.4, -0.2) is 41.3 Å². The SMILES string of the molecule is COc1ccccc1-c1ccc(N2CCC[C@@H](C(=O)NCc3sc(C)nc3C)C2)nn1. The molecule has 0 aliphatic carbocycles. The Balaban J connectivity index is 1.40. The van der Waals surface area contributed by atoms with Gasteiger partial charge in [0.2, 0.25) is 5.91 Å². The molecule has 8 heteroatoms. The number of para-hydroxylation sites is 1. The highest BCUT2D eigenvalue weighted by Gasteiger charge is 2.27. The second kappa shape index (κ2) is 9.43. The minimum atomic E-state index is -0.0567. The van der Waals surface area contributed by atoms with Crippen molar-refractivity contribution in [2.75, 3.05) is 25.1 Å². The number of nitrogens with one attached hydrogen (secondary N) is 1. The molecule has 1 aromatic carbocycles. The van der Waals surface area contributed by atoms with Gasteiger partial charge in [0, 0.05) is 23.5 Å². The molecule has 4 rings (SSSR count). The molecular weight excluding hydrogens is 410 g/mol. The van der Waals surface area contributed by atoms with Gasteiger partial charge in [-0.1, -0.05) is 12.1 Å². The molecule has 2 aromatic heterocycles. The molecule has 0 unspecified atom stereocenters. The van der Waals surface area contributed by atoms with Crippen LogP contribution < -0.4 is 15.0 Å². The summed E-state index contributed by atoms with van der Waals surface area (Å²) in [4.78, 5) is 20.5. The highest BCUT2D eigenvalue weighted by Crippen LogP contribution is 2.29. The third kappa shape index (κ3) is 4.85. The van der Waals surface area contributed by atoms with Crippen molar-refractivity contribution in [2.45, 2.75) is 33.2 Å². The van der Waals surface area contributed by atoms with E-state index < -0.39 is 0 Å². The summed E-state index contributed by atoms with van der Waals surface area (Å²) in [6.45, 7) is 6.04. The van der Waals surface area contributed by atoms with E-state index in [0.717, 1.165) is 57.8 Å². The first-order valence-electron chi connectivity index (χ1n) is 10.5. The fourth-order valence-corrected chi connectivity index (χ4v) is 4.82. The zero-order chi connectivity index (χ0) is 21.8. The highest BCUT2D eigenvalue weighted by atomic mass is 32.1. The van der Waals surface area contributed by atoms with E-state index in [9.17, 15) is 4.79 Å². The average Bonchev–Trinajstić information content (AvgIpc) is 3.14. The smallest absolute Gasteiger partial charge is 0.225 e. The van der Waals surface area contributed by atoms with Gasteiger partial charge >= 0.3 is 0 Å². The Morgan fingerprint density at radius 2 is 2.06 bits per heavy atom. The van der Waals surface area contributed by atoms with Gasteiger partial charge in [-0.3, -0.25) is 4.79 Å². The van der Waals surface area contributed by atoms with Crippen LogP contribution >= 0.6 is 11.3 Å². The molecule has 31 heavy (non-hydrogen) atoms. The van der Waals surface area contributed by atoms with Crippen LogP contribution in [0.3, 0.4) is 0 Å². The number of aromatic nitrogens is 3. The highest BCUT2D eigenvalue weighted by molar-refractivity contribution is 7.11.